The molecule has 1 aromatic carbocycles. The number of benzene rings is 1. The molecule has 0 bridgehead atoms. The van der Waals surface area contributed by atoms with Crippen LogP contribution in [0.3, 0.4) is 0 Å². The lowest BCUT2D eigenvalue weighted by Crippen LogP contribution is -2.20. The van der Waals surface area contributed by atoms with Crippen LogP contribution in [-0.4, -0.2) is 4.98 Å². The number of hydrogen-bond donors (Lipinski definition) is 0. The van der Waals surface area contributed by atoms with Gasteiger partial charge in [0, 0.05) is 22.2 Å². The van der Waals surface area contributed by atoms with Crippen LogP contribution in [-0.2, 0) is 10.8 Å². The molecule has 2 rings (SSSR count). The summed E-state index contributed by atoms with van der Waals surface area (Å²) in [5.41, 5.74) is 4.95. The molecule has 0 amide bonds. The van der Waals surface area contributed by atoms with E-state index in [1.54, 1.807) is 0 Å². The van der Waals surface area contributed by atoms with Gasteiger partial charge in [-0.25, -0.2) is 0 Å². The molecular weight excluding hydrogens is 242 g/mol. The normalized spacial score (nSPS) is 12.5. The van der Waals surface area contributed by atoms with Crippen LogP contribution in [0.4, 0.5) is 0 Å². The van der Waals surface area contributed by atoms with E-state index >= 15 is 0 Å². The molecule has 2 aromatic rings. The van der Waals surface area contributed by atoms with Crippen LogP contribution in [0.2, 0.25) is 0 Å². The molecule has 0 aliphatic heterocycles. The molecule has 1 heterocycles. The second-order valence-corrected chi connectivity index (χ2v) is 7.49. The molecule has 0 radical (unpaired) electrons. The van der Waals surface area contributed by atoms with Gasteiger partial charge < -0.3 is 0 Å². The summed E-state index contributed by atoms with van der Waals surface area (Å²) >= 11 is 0. The first-order valence-corrected chi connectivity index (χ1v) is 7.26. The molecule has 0 unspecified atom stereocenters. The molecule has 1 nitrogen and oxygen atoms in total. The number of rotatable bonds is 1. The van der Waals surface area contributed by atoms with Crippen LogP contribution in [0, 0.1) is 0 Å². The molecule has 0 aliphatic rings. The van der Waals surface area contributed by atoms with Crippen LogP contribution >= 0.6 is 0 Å². The van der Waals surface area contributed by atoms with Crippen molar-refractivity contribution >= 4 is 0 Å². The summed E-state index contributed by atoms with van der Waals surface area (Å²) < 4.78 is 0. The topological polar surface area (TPSA) is 12.9 Å². The van der Waals surface area contributed by atoms with Crippen LogP contribution in [0.5, 0.6) is 0 Å². The average molecular weight is 267 g/mol. The lowest BCUT2D eigenvalue weighted by Gasteiger charge is -2.25. The Labute approximate surface area is 123 Å². The van der Waals surface area contributed by atoms with Crippen LogP contribution < -0.4 is 0 Å². The summed E-state index contributed by atoms with van der Waals surface area (Å²) in [6.45, 7) is 13.3. The third-order valence-electron chi connectivity index (χ3n) is 3.47. The number of hydrogen-bond acceptors (Lipinski definition) is 1. The molecule has 106 valence electrons. The largest absolute Gasteiger partial charge is 0.257 e. The Bertz CT molecular complexity index is 551. The number of pyridine rings is 1. The summed E-state index contributed by atoms with van der Waals surface area (Å²) in [6, 6.07) is 15.0. The van der Waals surface area contributed by atoms with Gasteiger partial charge in [0.2, 0.25) is 0 Å². The average Bonchev–Trinajstić information content (AvgIpc) is 2.37. The van der Waals surface area contributed by atoms with Gasteiger partial charge in [0.25, 0.3) is 0 Å². The minimum atomic E-state index is 0.0603. The van der Waals surface area contributed by atoms with Crippen molar-refractivity contribution in [2.75, 3.05) is 0 Å². The zero-order valence-corrected chi connectivity index (χ0v) is 13.5. The maximum atomic E-state index is 4.90. The van der Waals surface area contributed by atoms with Gasteiger partial charge in [-0.15, -0.1) is 0 Å². The fourth-order valence-electron chi connectivity index (χ4n) is 2.10. The van der Waals surface area contributed by atoms with Crippen molar-refractivity contribution in [3.05, 3.63) is 53.9 Å². The predicted molar refractivity (Wildman–Crippen MR) is 87.1 cm³/mol. The van der Waals surface area contributed by atoms with Gasteiger partial charge in [0.1, 0.15) is 0 Å². The van der Waals surface area contributed by atoms with E-state index in [2.05, 4.69) is 84.0 Å². The fraction of sp³-hybridized carbons (Fsp3) is 0.421. The van der Waals surface area contributed by atoms with E-state index in [9.17, 15) is 0 Å². The Morgan fingerprint density at radius 3 is 1.50 bits per heavy atom. The molecule has 1 heteroatoms. The molecule has 20 heavy (non-hydrogen) atoms. The minimum absolute atomic E-state index is 0.0603. The Kier molecular flexibility index (Phi) is 3.73. The second kappa shape index (κ2) is 5.05. The lowest BCUT2D eigenvalue weighted by molar-refractivity contribution is 0.531. The van der Waals surface area contributed by atoms with Crippen molar-refractivity contribution in [1.29, 1.82) is 0 Å². The third kappa shape index (κ3) is 3.27. The minimum Gasteiger partial charge on any atom is -0.257 e. The zero-order chi connectivity index (χ0) is 15.0. The maximum absolute atomic E-state index is 4.90. The summed E-state index contributed by atoms with van der Waals surface area (Å²) in [4.78, 5) is 4.90. The fourth-order valence-corrected chi connectivity index (χ4v) is 2.10. The van der Waals surface area contributed by atoms with E-state index in [1.807, 2.05) is 0 Å². The standard InChI is InChI=1S/C19H25N/c1-18(2,3)16-12-15(14-10-8-7-9-11-14)13-17(20-16)19(4,5)6/h7-13H,1-6H3. The lowest BCUT2D eigenvalue weighted by atomic mass is 9.85. The Balaban J connectivity index is 2.64. The van der Waals surface area contributed by atoms with E-state index in [1.165, 1.54) is 11.1 Å². The highest BCUT2D eigenvalue weighted by molar-refractivity contribution is 5.64. The highest BCUT2D eigenvalue weighted by Crippen LogP contribution is 2.31. The van der Waals surface area contributed by atoms with E-state index in [0.29, 0.717) is 0 Å². The van der Waals surface area contributed by atoms with Gasteiger partial charge in [-0.3, -0.25) is 4.98 Å². The van der Waals surface area contributed by atoms with Gasteiger partial charge >= 0.3 is 0 Å². The van der Waals surface area contributed by atoms with Gasteiger partial charge in [0.15, 0.2) is 0 Å². The molecule has 0 saturated carbocycles. The summed E-state index contributed by atoms with van der Waals surface area (Å²) in [5, 5.41) is 0. The third-order valence-corrected chi connectivity index (χ3v) is 3.47. The Hall–Kier alpha value is -1.63. The smallest absolute Gasteiger partial charge is 0.0466 e. The van der Waals surface area contributed by atoms with Crippen molar-refractivity contribution < 1.29 is 0 Å². The molecular formula is C19H25N. The molecule has 0 atom stereocenters. The highest BCUT2D eigenvalue weighted by atomic mass is 14.7. The predicted octanol–water partition coefficient (Wildman–Crippen LogP) is 5.34. The molecule has 0 fully saturated rings. The molecule has 0 spiro atoms. The quantitative estimate of drug-likeness (QED) is 0.679. The molecule has 0 saturated heterocycles. The SMILES string of the molecule is CC(C)(C)c1cc(-c2ccccc2)cc(C(C)(C)C)n1. The van der Waals surface area contributed by atoms with Crippen molar-refractivity contribution in [1.82, 2.24) is 4.98 Å². The van der Waals surface area contributed by atoms with E-state index in [-0.39, 0.29) is 10.8 Å². The van der Waals surface area contributed by atoms with E-state index in [4.69, 9.17) is 4.98 Å². The van der Waals surface area contributed by atoms with Gasteiger partial charge in [0.05, 0.1) is 0 Å². The van der Waals surface area contributed by atoms with E-state index < -0.39 is 0 Å². The first kappa shape index (κ1) is 14.8. The zero-order valence-electron chi connectivity index (χ0n) is 13.5. The molecule has 0 aliphatic carbocycles. The Morgan fingerprint density at radius 1 is 0.650 bits per heavy atom. The van der Waals surface area contributed by atoms with Gasteiger partial charge in [-0.05, 0) is 23.3 Å². The van der Waals surface area contributed by atoms with Crippen LogP contribution in [0.25, 0.3) is 11.1 Å². The first-order valence-electron chi connectivity index (χ1n) is 7.26. The number of nitrogens with zero attached hydrogens (tertiary/aromatic N) is 1. The molecule has 1 aromatic heterocycles. The highest BCUT2D eigenvalue weighted by Gasteiger charge is 2.22. The van der Waals surface area contributed by atoms with Crippen molar-refractivity contribution in [2.24, 2.45) is 0 Å². The monoisotopic (exact) mass is 267 g/mol. The van der Waals surface area contributed by atoms with Gasteiger partial charge in [-0.1, -0.05) is 71.9 Å². The van der Waals surface area contributed by atoms with Gasteiger partial charge in [-0.2, -0.15) is 0 Å². The van der Waals surface area contributed by atoms with E-state index in [0.717, 1.165) is 11.4 Å². The summed E-state index contributed by atoms with van der Waals surface area (Å²) in [6.07, 6.45) is 0. The Morgan fingerprint density at radius 2 is 1.10 bits per heavy atom. The van der Waals surface area contributed by atoms with Crippen molar-refractivity contribution in [3.8, 4) is 11.1 Å². The summed E-state index contributed by atoms with van der Waals surface area (Å²) in [5.74, 6) is 0. The first-order chi connectivity index (χ1) is 9.18. The van der Waals surface area contributed by atoms with Crippen LogP contribution in [0.15, 0.2) is 42.5 Å². The molecule has 0 N–H and O–H groups in total. The maximum Gasteiger partial charge on any atom is 0.0466 e. The summed E-state index contributed by atoms with van der Waals surface area (Å²) in [7, 11) is 0. The number of aromatic nitrogens is 1. The van der Waals surface area contributed by atoms with Crippen molar-refractivity contribution in [3.63, 3.8) is 0 Å². The second-order valence-electron chi connectivity index (χ2n) is 7.49. The van der Waals surface area contributed by atoms with Crippen molar-refractivity contribution in [2.45, 2.75) is 52.4 Å². The van der Waals surface area contributed by atoms with Crippen LogP contribution in [0.1, 0.15) is 52.9 Å².